The second-order valence-corrected chi connectivity index (χ2v) is 5.17. The first-order chi connectivity index (χ1) is 9.60. The van der Waals surface area contributed by atoms with Gasteiger partial charge in [-0.1, -0.05) is 30.1 Å². The number of nitrogen functional groups attached to an aromatic ring is 1. The maximum absolute atomic E-state index is 5.99. The maximum Gasteiger partial charge on any atom is 0.119 e. The van der Waals surface area contributed by atoms with Crippen LogP contribution in [0.1, 0.15) is 13.3 Å². The molecule has 0 atom stereocenters. The molecule has 0 radical (unpaired) electrons. The molecule has 5 heteroatoms. The molecule has 2 aromatic rings. The first-order valence-corrected chi connectivity index (χ1v) is 7.10. The average molecular weight is 311 g/mol. The zero-order valence-corrected chi connectivity index (χ0v) is 12.6. The highest BCUT2D eigenvalue weighted by Crippen LogP contribution is 2.32. The van der Waals surface area contributed by atoms with E-state index in [4.69, 9.17) is 33.7 Å². The summed E-state index contributed by atoms with van der Waals surface area (Å²) in [6.45, 7) is 2.79. The van der Waals surface area contributed by atoms with Crippen molar-refractivity contribution in [1.82, 2.24) is 0 Å². The Morgan fingerprint density at radius 1 is 1.10 bits per heavy atom. The summed E-state index contributed by atoms with van der Waals surface area (Å²) < 4.78 is 5.53. The van der Waals surface area contributed by atoms with Gasteiger partial charge >= 0.3 is 0 Å². The Labute approximate surface area is 128 Å². The van der Waals surface area contributed by atoms with Gasteiger partial charge in [0.15, 0.2) is 0 Å². The van der Waals surface area contributed by atoms with Crippen molar-refractivity contribution in [1.29, 1.82) is 0 Å². The minimum atomic E-state index is 0.443. The first-order valence-electron chi connectivity index (χ1n) is 6.34. The highest BCUT2D eigenvalue weighted by molar-refractivity contribution is 6.42. The molecule has 2 aromatic carbocycles. The van der Waals surface area contributed by atoms with Crippen molar-refractivity contribution in [2.24, 2.45) is 0 Å². The SMILES string of the molecule is CCCOc1ccc(Nc2cc(Cl)c(Cl)cc2N)cc1. The molecule has 0 bridgehead atoms. The van der Waals surface area contributed by atoms with Gasteiger partial charge < -0.3 is 15.8 Å². The van der Waals surface area contributed by atoms with Crippen LogP contribution in [0, 0.1) is 0 Å². The minimum Gasteiger partial charge on any atom is -0.494 e. The van der Waals surface area contributed by atoms with Gasteiger partial charge in [-0.25, -0.2) is 0 Å². The van der Waals surface area contributed by atoms with Gasteiger partial charge in [-0.2, -0.15) is 0 Å². The highest BCUT2D eigenvalue weighted by Gasteiger charge is 2.05. The number of rotatable bonds is 5. The van der Waals surface area contributed by atoms with Gasteiger partial charge in [0.2, 0.25) is 0 Å². The predicted octanol–water partition coefficient (Wildman–Crippen LogP) is 5.11. The van der Waals surface area contributed by atoms with Crippen LogP contribution in [0.4, 0.5) is 17.1 Å². The summed E-state index contributed by atoms with van der Waals surface area (Å²) in [7, 11) is 0. The molecule has 0 aromatic heterocycles. The molecule has 0 spiro atoms. The van der Waals surface area contributed by atoms with Crippen LogP contribution in [0.15, 0.2) is 36.4 Å². The number of halogens is 2. The Bertz CT molecular complexity index is 585. The summed E-state index contributed by atoms with van der Waals surface area (Å²) in [5.41, 5.74) is 8.08. The Hall–Kier alpha value is -1.58. The molecule has 0 saturated heterocycles. The third-order valence-corrected chi connectivity index (χ3v) is 3.42. The van der Waals surface area contributed by atoms with E-state index in [1.807, 2.05) is 24.3 Å². The molecule has 0 aliphatic heterocycles. The first kappa shape index (κ1) is 14.8. The zero-order valence-electron chi connectivity index (χ0n) is 11.1. The molecule has 0 saturated carbocycles. The normalized spacial score (nSPS) is 10.3. The van der Waals surface area contributed by atoms with Gasteiger partial charge in [0, 0.05) is 5.69 Å². The molecule has 3 N–H and O–H groups in total. The van der Waals surface area contributed by atoms with Crippen LogP contribution < -0.4 is 15.8 Å². The molecule has 0 amide bonds. The Kier molecular flexibility index (Phi) is 4.99. The van der Waals surface area contributed by atoms with Crippen LogP contribution in [0.2, 0.25) is 10.0 Å². The minimum absolute atomic E-state index is 0.443. The molecule has 0 fully saturated rings. The summed E-state index contributed by atoms with van der Waals surface area (Å²) in [6, 6.07) is 11.0. The van der Waals surface area contributed by atoms with E-state index in [0.29, 0.717) is 22.3 Å². The van der Waals surface area contributed by atoms with Gasteiger partial charge in [0.25, 0.3) is 0 Å². The van der Waals surface area contributed by atoms with Crippen molar-refractivity contribution in [3.63, 3.8) is 0 Å². The maximum atomic E-state index is 5.99. The quantitative estimate of drug-likeness (QED) is 0.754. The third kappa shape index (κ3) is 3.71. The number of benzene rings is 2. The number of nitrogens with two attached hydrogens (primary N) is 1. The summed E-state index contributed by atoms with van der Waals surface area (Å²) in [6.07, 6.45) is 0.986. The average Bonchev–Trinajstić information content (AvgIpc) is 2.44. The topological polar surface area (TPSA) is 47.3 Å². The molecular weight excluding hydrogens is 295 g/mol. The second kappa shape index (κ2) is 6.73. The summed E-state index contributed by atoms with van der Waals surface area (Å²) in [5.74, 6) is 0.847. The van der Waals surface area contributed by atoms with E-state index in [9.17, 15) is 0 Å². The van der Waals surface area contributed by atoms with Crippen molar-refractivity contribution < 1.29 is 4.74 Å². The third-order valence-electron chi connectivity index (χ3n) is 2.70. The molecule has 0 aliphatic carbocycles. The highest BCUT2D eigenvalue weighted by atomic mass is 35.5. The lowest BCUT2D eigenvalue weighted by Gasteiger charge is -2.11. The Balaban J connectivity index is 2.12. The molecule has 20 heavy (non-hydrogen) atoms. The van der Waals surface area contributed by atoms with Gasteiger partial charge in [0.05, 0.1) is 28.0 Å². The number of hydrogen-bond acceptors (Lipinski definition) is 3. The second-order valence-electron chi connectivity index (χ2n) is 4.35. The Morgan fingerprint density at radius 2 is 1.75 bits per heavy atom. The number of anilines is 3. The molecule has 106 valence electrons. The molecule has 0 unspecified atom stereocenters. The van der Waals surface area contributed by atoms with Crippen molar-refractivity contribution >= 4 is 40.3 Å². The van der Waals surface area contributed by atoms with Gasteiger partial charge in [-0.05, 0) is 42.8 Å². The fourth-order valence-electron chi connectivity index (χ4n) is 1.68. The van der Waals surface area contributed by atoms with E-state index in [2.05, 4.69) is 12.2 Å². The number of hydrogen-bond donors (Lipinski definition) is 2. The van der Waals surface area contributed by atoms with Gasteiger partial charge in [-0.3, -0.25) is 0 Å². The lowest BCUT2D eigenvalue weighted by atomic mass is 10.2. The zero-order chi connectivity index (χ0) is 14.5. The van der Waals surface area contributed by atoms with E-state index in [0.717, 1.165) is 23.5 Å². The van der Waals surface area contributed by atoms with Crippen LogP contribution in [-0.4, -0.2) is 6.61 Å². The number of nitrogens with one attached hydrogen (secondary N) is 1. The van der Waals surface area contributed by atoms with Crippen LogP contribution in [0.3, 0.4) is 0 Å². The van der Waals surface area contributed by atoms with Gasteiger partial charge in [0.1, 0.15) is 5.75 Å². The molecule has 0 heterocycles. The van der Waals surface area contributed by atoms with Crippen molar-refractivity contribution in [3.8, 4) is 5.75 Å². The fourth-order valence-corrected chi connectivity index (χ4v) is 2.02. The lowest BCUT2D eigenvalue weighted by Crippen LogP contribution is -1.97. The molecule has 2 rings (SSSR count). The smallest absolute Gasteiger partial charge is 0.119 e. The van der Waals surface area contributed by atoms with Crippen molar-refractivity contribution in [3.05, 3.63) is 46.4 Å². The molecular formula is C15H16Cl2N2O. The number of ether oxygens (including phenoxy) is 1. The predicted molar refractivity (Wildman–Crippen MR) is 86.4 cm³/mol. The monoisotopic (exact) mass is 310 g/mol. The fraction of sp³-hybridized carbons (Fsp3) is 0.200. The van der Waals surface area contributed by atoms with Crippen molar-refractivity contribution in [2.75, 3.05) is 17.7 Å². The van der Waals surface area contributed by atoms with Gasteiger partial charge in [-0.15, -0.1) is 0 Å². The van der Waals surface area contributed by atoms with Crippen LogP contribution in [-0.2, 0) is 0 Å². The Morgan fingerprint density at radius 3 is 2.40 bits per heavy atom. The molecule has 3 nitrogen and oxygen atoms in total. The summed E-state index contributed by atoms with van der Waals surface area (Å²) >= 11 is 11.9. The molecule has 0 aliphatic rings. The largest absolute Gasteiger partial charge is 0.494 e. The lowest BCUT2D eigenvalue weighted by molar-refractivity contribution is 0.317. The van der Waals surface area contributed by atoms with E-state index in [1.54, 1.807) is 12.1 Å². The summed E-state index contributed by atoms with van der Waals surface area (Å²) in [5, 5.41) is 4.11. The van der Waals surface area contributed by atoms with E-state index in [-0.39, 0.29) is 0 Å². The standard InChI is InChI=1S/C15H16Cl2N2O/c1-2-7-20-11-5-3-10(4-6-11)19-15-9-13(17)12(16)8-14(15)18/h3-6,8-9,19H,2,7,18H2,1H3. The van der Waals surface area contributed by atoms with Crippen molar-refractivity contribution in [2.45, 2.75) is 13.3 Å². The van der Waals surface area contributed by atoms with E-state index < -0.39 is 0 Å². The van der Waals surface area contributed by atoms with Crippen LogP contribution in [0.5, 0.6) is 5.75 Å². The van der Waals surface area contributed by atoms with Crippen LogP contribution >= 0.6 is 23.2 Å². The van der Waals surface area contributed by atoms with E-state index >= 15 is 0 Å². The van der Waals surface area contributed by atoms with E-state index in [1.165, 1.54) is 0 Å². The summed E-state index contributed by atoms with van der Waals surface area (Å²) in [4.78, 5) is 0. The van der Waals surface area contributed by atoms with Crippen LogP contribution in [0.25, 0.3) is 0 Å².